The topological polar surface area (TPSA) is 83.8 Å². The van der Waals surface area contributed by atoms with Crippen molar-refractivity contribution in [1.29, 1.82) is 0 Å². The van der Waals surface area contributed by atoms with Crippen molar-refractivity contribution in [2.75, 3.05) is 51.9 Å². The number of aromatic nitrogens is 3. The molecule has 10 heteroatoms. The quantitative estimate of drug-likeness (QED) is 0.205. The average Bonchev–Trinajstić information content (AvgIpc) is 3.62. The highest BCUT2D eigenvalue weighted by Crippen LogP contribution is 2.39. The van der Waals surface area contributed by atoms with E-state index in [9.17, 15) is 5.11 Å². The second-order valence-corrected chi connectivity index (χ2v) is 13.0. The Bertz CT molecular complexity index is 1380. The van der Waals surface area contributed by atoms with Gasteiger partial charge >= 0.3 is 6.01 Å². The molecule has 1 atom stereocenters. The fourth-order valence-electron chi connectivity index (χ4n) is 6.43. The normalized spacial score (nSPS) is 18.1. The maximum Gasteiger partial charge on any atom is 0.319 e. The van der Waals surface area contributed by atoms with Crippen molar-refractivity contribution in [2.45, 2.75) is 82.8 Å². The molecule has 1 aromatic carbocycles. The Labute approximate surface area is 265 Å². The van der Waals surface area contributed by atoms with E-state index in [1.807, 2.05) is 18.9 Å². The van der Waals surface area contributed by atoms with Gasteiger partial charge in [-0.3, -0.25) is 9.88 Å². The van der Waals surface area contributed by atoms with Crippen LogP contribution in [0.2, 0.25) is 5.02 Å². The maximum atomic E-state index is 16.0. The average molecular weight is 628 g/mol. The van der Waals surface area contributed by atoms with Gasteiger partial charge in [0.25, 0.3) is 0 Å². The molecule has 3 aliphatic rings. The molecule has 2 aromatic heterocycles. The van der Waals surface area contributed by atoms with Crippen LogP contribution in [0.1, 0.15) is 71.1 Å². The lowest BCUT2D eigenvalue weighted by Gasteiger charge is -2.31. The predicted octanol–water partition coefficient (Wildman–Crippen LogP) is 6.91. The van der Waals surface area contributed by atoms with Crippen LogP contribution in [-0.2, 0) is 4.74 Å². The van der Waals surface area contributed by atoms with E-state index in [0.29, 0.717) is 34.9 Å². The number of rotatable bonds is 13. The Balaban J connectivity index is 0.000000573. The minimum atomic E-state index is -0.515. The third-order valence-electron chi connectivity index (χ3n) is 9.24. The van der Waals surface area contributed by atoms with E-state index in [1.54, 1.807) is 37.6 Å². The van der Waals surface area contributed by atoms with Gasteiger partial charge in [0.1, 0.15) is 23.6 Å². The number of hydrogen-bond acceptors (Lipinski definition) is 8. The van der Waals surface area contributed by atoms with Crippen molar-refractivity contribution in [3.63, 3.8) is 0 Å². The molecule has 4 heterocycles. The molecule has 0 spiro atoms. The lowest BCUT2D eigenvalue weighted by Crippen LogP contribution is -2.43. The van der Waals surface area contributed by atoms with Gasteiger partial charge in [-0.2, -0.15) is 9.97 Å². The highest BCUT2D eigenvalue weighted by molar-refractivity contribution is 6.30. The number of halogens is 2. The van der Waals surface area contributed by atoms with Crippen molar-refractivity contribution in [3.05, 3.63) is 41.3 Å². The van der Waals surface area contributed by atoms with Crippen LogP contribution in [0.3, 0.4) is 0 Å². The molecule has 1 unspecified atom stereocenters. The number of ether oxygens (including phenoxy) is 2. The van der Waals surface area contributed by atoms with Gasteiger partial charge in [0, 0.05) is 44.1 Å². The zero-order chi connectivity index (χ0) is 31.1. The van der Waals surface area contributed by atoms with Gasteiger partial charge in [-0.05, 0) is 95.3 Å². The summed E-state index contributed by atoms with van der Waals surface area (Å²) in [5.74, 6) is 1.01. The molecule has 3 fully saturated rings. The predicted molar refractivity (Wildman–Crippen MR) is 174 cm³/mol. The molecule has 0 amide bonds. The van der Waals surface area contributed by atoms with Gasteiger partial charge in [0.2, 0.25) is 0 Å². The molecule has 1 N–H and O–H groups in total. The molecule has 0 bridgehead atoms. The van der Waals surface area contributed by atoms with Crippen LogP contribution in [0, 0.1) is 11.7 Å². The van der Waals surface area contributed by atoms with Gasteiger partial charge in [-0.1, -0.05) is 30.7 Å². The summed E-state index contributed by atoms with van der Waals surface area (Å²) in [4.78, 5) is 18.3. The maximum absolute atomic E-state index is 16.0. The van der Waals surface area contributed by atoms with E-state index < -0.39 is 5.82 Å². The molecule has 240 valence electrons. The highest BCUT2D eigenvalue weighted by Gasteiger charge is 2.45. The lowest BCUT2D eigenvalue weighted by molar-refractivity contribution is 0.108. The molecular formula is C34H47ClFN5O3. The second kappa shape index (κ2) is 15.1. The molecule has 1 aliphatic carbocycles. The number of aliphatic hydroxyl groups is 1. The first kappa shape index (κ1) is 32.8. The van der Waals surface area contributed by atoms with Gasteiger partial charge in [0.05, 0.1) is 17.0 Å². The summed E-state index contributed by atoms with van der Waals surface area (Å²) in [6.07, 6.45) is 12.0. The standard InChI is InChI=1S/C29H37ClFN5O2.C5H10O/c1-3-22(37)11-4-5-14-35(2)27-23-18-32-25(20-9-6-10-21(30)17-20)24(31)26(23)33-28(34-27)38-19-29-12-7-15-36(29)16-8-13-29;1-6-4-5-2-3-5/h6,9-10,17-18,22,37H,3-5,7-8,11-16,19H2,1-2H3;5H,2-4H2,1H3. The third-order valence-corrected chi connectivity index (χ3v) is 9.47. The van der Waals surface area contributed by atoms with E-state index in [-0.39, 0.29) is 28.9 Å². The van der Waals surface area contributed by atoms with E-state index in [1.165, 1.54) is 25.7 Å². The SMILES string of the molecule is CCC(O)CCCCN(C)c1nc(OCC23CCCN2CCC3)nc2c(F)c(-c3cccc(Cl)c3)ncc12.COCC1CC1. The molecule has 44 heavy (non-hydrogen) atoms. The Hall–Kier alpha value is -2.59. The zero-order valence-electron chi connectivity index (χ0n) is 26.4. The number of fused-ring (bicyclic) bond motifs is 2. The molecular weight excluding hydrogens is 581 g/mol. The number of unbranched alkanes of at least 4 members (excludes halogenated alkanes) is 1. The second-order valence-electron chi connectivity index (χ2n) is 12.6. The molecule has 8 nitrogen and oxygen atoms in total. The van der Waals surface area contributed by atoms with Crippen LogP contribution in [-0.4, -0.2) is 83.6 Å². The summed E-state index contributed by atoms with van der Waals surface area (Å²) in [5, 5.41) is 10.9. The van der Waals surface area contributed by atoms with Crippen LogP contribution in [0.5, 0.6) is 6.01 Å². The zero-order valence-corrected chi connectivity index (χ0v) is 27.2. The lowest BCUT2D eigenvalue weighted by atomic mass is 9.95. The number of aliphatic hydroxyl groups excluding tert-OH is 1. The fourth-order valence-corrected chi connectivity index (χ4v) is 6.62. The largest absolute Gasteiger partial charge is 0.461 e. The monoisotopic (exact) mass is 627 g/mol. The summed E-state index contributed by atoms with van der Waals surface area (Å²) in [5.41, 5.74) is 1.01. The first-order valence-electron chi connectivity index (χ1n) is 16.2. The third kappa shape index (κ3) is 7.97. The first-order chi connectivity index (χ1) is 21.3. The minimum Gasteiger partial charge on any atom is -0.461 e. The summed E-state index contributed by atoms with van der Waals surface area (Å²) in [6.45, 7) is 6.39. The molecule has 6 rings (SSSR count). The number of nitrogens with zero attached hydrogens (tertiary/aromatic N) is 5. The fraction of sp³-hybridized carbons (Fsp3) is 0.618. The van der Waals surface area contributed by atoms with Gasteiger partial charge in [-0.15, -0.1) is 0 Å². The highest BCUT2D eigenvalue weighted by atomic mass is 35.5. The Morgan fingerprint density at radius 1 is 1.18 bits per heavy atom. The summed E-state index contributed by atoms with van der Waals surface area (Å²) in [7, 11) is 3.71. The van der Waals surface area contributed by atoms with Gasteiger partial charge < -0.3 is 19.5 Å². The van der Waals surface area contributed by atoms with Crippen LogP contribution in [0.15, 0.2) is 30.5 Å². The number of hydrogen-bond donors (Lipinski definition) is 1. The first-order valence-corrected chi connectivity index (χ1v) is 16.6. The Morgan fingerprint density at radius 3 is 2.61 bits per heavy atom. The van der Waals surface area contributed by atoms with Crippen molar-refractivity contribution in [2.24, 2.45) is 5.92 Å². The Morgan fingerprint density at radius 2 is 1.95 bits per heavy atom. The van der Waals surface area contributed by atoms with E-state index in [2.05, 4.69) is 14.9 Å². The number of methoxy groups -OCH3 is 1. The molecule has 2 saturated heterocycles. The summed E-state index contributed by atoms with van der Waals surface area (Å²) < 4.78 is 27.1. The minimum absolute atomic E-state index is 0.0350. The Kier molecular flexibility index (Phi) is 11.3. The summed E-state index contributed by atoms with van der Waals surface area (Å²) >= 11 is 6.17. The van der Waals surface area contributed by atoms with Crippen molar-refractivity contribution < 1.29 is 19.0 Å². The van der Waals surface area contributed by atoms with Crippen LogP contribution in [0.25, 0.3) is 22.2 Å². The number of benzene rings is 1. The van der Waals surface area contributed by atoms with Crippen molar-refractivity contribution in [1.82, 2.24) is 19.9 Å². The smallest absolute Gasteiger partial charge is 0.319 e. The van der Waals surface area contributed by atoms with Crippen molar-refractivity contribution in [3.8, 4) is 17.3 Å². The van der Waals surface area contributed by atoms with E-state index >= 15 is 4.39 Å². The van der Waals surface area contributed by atoms with Crippen LogP contribution >= 0.6 is 11.6 Å². The van der Waals surface area contributed by atoms with Crippen molar-refractivity contribution >= 4 is 28.3 Å². The molecule has 0 radical (unpaired) electrons. The molecule has 3 aromatic rings. The van der Waals surface area contributed by atoms with Crippen LogP contribution in [0.4, 0.5) is 10.2 Å². The van der Waals surface area contributed by atoms with E-state index in [4.69, 9.17) is 26.1 Å². The van der Waals surface area contributed by atoms with Gasteiger partial charge in [-0.25, -0.2) is 4.39 Å². The number of pyridine rings is 1. The molecule has 1 saturated carbocycles. The molecule has 2 aliphatic heterocycles. The van der Waals surface area contributed by atoms with Gasteiger partial charge in [0.15, 0.2) is 5.82 Å². The van der Waals surface area contributed by atoms with Crippen LogP contribution < -0.4 is 9.64 Å². The van der Waals surface area contributed by atoms with E-state index in [0.717, 1.165) is 64.1 Å². The number of anilines is 1. The summed E-state index contributed by atoms with van der Waals surface area (Å²) in [6, 6.07) is 7.20.